The largest absolute Gasteiger partial charge is 0.504 e. The second kappa shape index (κ2) is 4.36. The highest BCUT2D eigenvalue weighted by Crippen LogP contribution is 2.52. The first-order chi connectivity index (χ1) is 10.1. The van der Waals surface area contributed by atoms with E-state index in [1.165, 1.54) is 5.57 Å². The van der Waals surface area contributed by atoms with Gasteiger partial charge >= 0.3 is 0 Å². The Hall–Kier alpha value is -1.78. The molecular weight excluding hydrogens is 266 g/mol. The zero-order valence-electron chi connectivity index (χ0n) is 12.0. The molecule has 0 saturated carbocycles. The topological polar surface area (TPSA) is 52.9 Å². The molecule has 1 aliphatic carbocycles. The molecule has 2 heterocycles. The van der Waals surface area contributed by atoms with E-state index in [2.05, 4.69) is 23.1 Å². The van der Waals surface area contributed by atoms with E-state index in [0.717, 1.165) is 37.1 Å². The predicted molar refractivity (Wildman–Crippen MR) is 79.4 cm³/mol. The molecule has 0 aromatic heterocycles. The highest BCUT2D eigenvalue weighted by molar-refractivity contribution is 5.56. The van der Waals surface area contributed by atoms with Crippen molar-refractivity contribution in [2.45, 2.75) is 24.5 Å². The second-order valence-electron chi connectivity index (χ2n) is 6.05. The number of ether oxygens (including phenoxy) is 1. The van der Waals surface area contributed by atoms with Crippen molar-refractivity contribution in [2.75, 3.05) is 20.2 Å². The quantitative estimate of drug-likeness (QED) is 0.776. The van der Waals surface area contributed by atoms with Crippen molar-refractivity contribution in [3.8, 4) is 11.5 Å². The van der Waals surface area contributed by atoms with E-state index < -0.39 is 0 Å². The van der Waals surface area contributed by atoms with Gasteiger partial charge in [-0.1, -0.05) is 18.2 Å². The van der Waals surface area contributed by atoms with Crippen LogP contribution in [0.25, 0.3) is 0 Å². The van der Waals surface area contributed by atoms with Gasteiger partial charge in [0.05, 0.1) is 11.6 Å². The fraction of sp³-hybridized carbons (Fsp3) is 0.412. The lowest BCUT2D eigenvalue weighted by Gasteiger charge is -2.48. The minimum Gasteiger partial charge on any atom is -0.504 e. The van der Waals surface area contributed by atoms with E-state index in [0.29, 0.717) is 0 Å². The van der Waals surface area contributed by atoms with Crippen LogP contribution in [0.3, 0.4) is 0 Å². The van der Waals surface area contributed by atoms with Gasteiger partial charge in [0.1, 0.15) is 0 Å². The molecule has 2 N–H and O–H groups in total. The average Bonchev–Trinajstić information content (AvgIpc) is 2.87. The van der Waals surface area contributed by atoms with E-state index in [1.807, 2.05) is 0 Å². The van der Waals surface area contributed by atoms with E-state index >= 15 is 0 Å². The number of phenolic OH excluding ortho intramolecular Hbond substituents is 2. The van der Waals surface area contributed by atoms with E-state index in [-0.39, 0.29) is 23.1 Å². The summed E-state index contributed by atoms with van der Waals surface area (Å²) in [5, 5.41) is 19.8. The Balaban J connectivity index is 1.93. The molecule has 4 rings (SSSR count). The summed E-state index contributed by atoms with van der Waals surface area (Å²) in [7, 11) is 1.73. The first kappa shape index (κ1) is 12.9. The van der Waals surface area contributed by atoms with Gasteiger partial charge in [-0.2, -0.15) is 0 Å². The molecule has 0 fully saturated rings. The number of fused-ring (bicyclic) bond motifs is 1. The summed E-state index contributed by atoms with van der Waals surface area (Å²) in [6.07, 6.45) is 8.34. The Morgan fingerprint density at radius 2 is 2.10 bits per heavy atom. The fourth-order valence-electron chi connectivity index (χ4n) is 4.09. The zero-order chi connectivity index (χ0) is 14.6. The van der Waals surface area contributed by atoms with E-state index in [4.69, 9.17) is 4.74 Å². The van der Waals surface area contributed by atoms with Crippen molar-refractivity contribution in [1.82, 2.24) is 4.90 Å². The first-order valence-electron chi connectivity index (χ1n) is 7.37. The van der Waals surface area contributed by atoms with Crippen LogP contribution in [0, 0.1) is 0 Å². The van der Waals surface area contributed by atoms with Crippen LogP contribution in [-0.2, 0) is 16.7 Å². The number of benzene rings is 1. The number of aromatic hydroxyl groups is 2. The first-order valence-corrected chi connectivity index (χ1v) is 7.37. The maximum atomic E-state index is 9.97. The van der Waals surface area contributed by atoms with Crippen molar-refractivity contribution in [1.29, 1.82) is 0 Å². The predicted octanol–water partition coefficient (Wildman–Crippen LogP) is 2.07. The summed E-state index contributed by atoms with van der Waals surface area (Å²) in [6.45, 7) is 1.89. The van der Waals surface area contributed by atoms with E-state index in [1.54, 1.807) is 19.2 Å². The normalized spacial score (nSPS) is 30.5. The van der Waals surface area contributed by atoms with Crippen LogP contribution in [0.2, 0.25) is 0 Å². The average molecular weight is 285 g/mol. The van der Waals surface area contributed by atoms with Crippen molar-refractivity contribution in [2.24, 2.45) is 0 Å². The Morgan fingerprint density at radius 1 is 1.29 bits per heavy atom. The number of phenols is 2. The van der Waals surface area contributed by atoms with Crippen LogP contribution in [0.5, 0.6) is 11.5 Å². The molecule has 4 nitrogen and oxygen atoms in total. The van der Waals surface area contributed by atoms with Crippen molar-refractivity contribution >= 4 is 0 Å². The summed E-state index contributed by atoms with van der Waals surface area (Å²) >= 11 is 0. The minimum atomic E-state index is -0.214. The number of rotatable bonds is 1. The van der Waals surface area contributed by atoms with Crippen LogP contribution in [0.15, 0.2) is 35.9 Å². The standard InChI is InChI=1S/C17H19NO3/c1-21-13-3-2-12-5-7-18-6-4-11-8-15(19)16(20)9-14(11)17(12,18)10-13/h2-3,5,8-9,13,19-20H,4,6-7,10H2,1H3/t13-,17-/m1/s1. The molecule has 0 amide bonds. The van der Waals surface area contributed by atoms with Gasteiger partial charge < -0.3 is 14.9 Å². The van der Waals surface area contributed by atoms with Crippen LogP contribution >= 0.6 is 0 Å². The molecule has 0 bridgehead atoms. The van der Waals surface area contributed by atoms with Gasteiger partial charge in [-0.05, 0) is 35.3 Å². The van der Waals surface area contributed by atoms with Gasteiger partial charge in [0, 0.05) is 26.6 Å². The molecule has 2 atom stereocenters. The van der Waals surface area contributed by atoms with Crippen molar-refractivity contribution < 1.29 is 14.9 Å². The minimum absolute atomic E-state index is 0.0308. The monoisotopic (exact) mass is 285 g/mol. The summed E-state index contributed by atoms with van der Waals surface area (Å²) < 4.78 is 5.56. The SMILES string of the molecule is CO[C@@H]1C=CC2=CCN3CCc4cc(O)c(O)cc4[C@@]23C1. The Labute approximate surface area is 124 Å². The third kappa shape index (κ3) is 1.63. The molecule has 0 radical (unpaired) electrons. The number of nitrogens with zero attached hydrogens (tertiary/aromatic N) is 1. The van der Waals surface area contributed by atoms with Crippen molar-refractivity contribution in [3.05, 3.63) is 47.1 Å². The number of methoxy groups -OCH3 is 1. The van der Waals surface area contributed by atoms with Gasteiger partial charge in [-0.15, -0.1) is 0 Å². The molecular formula is C17H19NO3. The molecule has 1 aromatic carbocycles. The van der Waals surface area contributed by atoms with Crippen LogP contribution in [0.1, 0.15) is 17.5 Å². The van der Waals surface area contributed by atoms with Crippen LogP contribution in [0.4, 0.5) is 0 Å². The van der Waals surface area contributed by atoms with E-state index in [9.17, 15) is 10.2 Å². The Morgan fingerprint density at radius 3 is 2.90 bits per heavy atom. The maximum Gasteiger partial charge on any atom is 0.157 e. The zero-order valence-corrected chi connectivity index (χ0v) is 12.0. The number of hydrogen-bond donors (Lipinski definition) is 2. The van der Waals surface area contributed by atoms with Crippen molar-refractivity contribution in [3.63, 3.8) is 0 Å². The lowest BCUT2D eigenvalue weighted by molar-refractivity contribution is 0.0513. The maximum absolute atomic E-state index is 9.97. The van der Waals surface area contributed by atoms with Crippen LogP contribution in [-0.4, -0.2) is 41.4 Å². The molecule has 110 valence electrons. The third-order valence-corrected chi connectivity index (χ3v) is 5.14. The summed E-state index contributed by atoms with van der Waals surface area (Å²) in [6, 6.07) is 3.45. The molecule has 2 aliphatic heterocycles. The molecule has 4 heteroatoms. The Kier molecular flexibility index (Phi) is 2.68. The van der Waals surface area contributed by atoms with Gasteiger partial charge in [0.25, 0.3) is 0 Å². The summed E-state index contributed by atoms with van der Waals surface area (Å²) in [4.78, 5) is 2.46. The van der Waals surface area contributed by atoms with Gasteiger partial charge in [-0.25, -0.2) is 0 Å². The smallest absolute Gasteiger partial charge is 0.157 e. The molecule has 1 spiro atoms. The fourth-order valence-corrected chi connectivity index (χ4v) is 4.09. The highest BCUT2D eigenvalue weighted by Gasteiger charge is 2.50. The van der Waals surface area contributed by atoms with Gasteiger partial charge in [0.15, 0.2) is 11.5 Å². The molecule has 3 aliphatic rings. The van der Waals surface area contributed by atoms with Gasteiger partial charge in [-0.3, -0.25) is 4.90 Å². The van der Waals surface area contributed by atoms with Crippen LogP contribution < -0.4 is 0 Å². The Bertz CT molecular complexity index is 664. The summed E-state index contributed by atoms with van der Waals surface area (Å²) in [5.41, 5.74) is 3.30. The molecule has 0 saturated heterocycles. The lowest BCUT2D eigenvalue weighted by Crippen LogP contribution is -2.51. The highest BCUT2D eigenvalue weighted by atomic mass is 16.5. The number of hydrogen-bond acceptors (Lipinski definition) is 4. The third-order valence-electron chi connectivity index (χ3n) is 5.14. The molecule has 21 heavy (non-hydrogen) atoms. The molecule has 1 aromatic rings. The second-order valence-corrected chi connectivity index (χ2v) is 6.05. The lowest BCUT2D eigenvalue weighted by atomic mass is 9.71. The molecule has 0 unspecified atom stereocenters. The van der Waals surface area contributed by atoms with Gasteiger partial charge in [0.2, 0.25) is 0 Å². The summed E-state index contributed by atoms with van der Waals surface area (Å²) in [5.74, 6) is -0.0727.